The summed E-state index contributed by atoms with van der Waals surface area (Å²) in [5.74, 6) is -1.32. The summed E-state index contributed by atoms with van der Waals surface area (Å²) < 4.78 is 26.3. The molecule has 112 valence electrons. The van der Waals surface area contributed by atoms with Gasteiger partial charge >= 0.3 is 0 Å². The molecule has 0 aliphatic carbocycles. The van der Waals surface area contributed by atoms with Crippen molar-refractivity contribution in [2.75, 3.05) is 6.54 Å². The van der Waals surface area contributed by atoms with Crippen LogP contribution in [0.15, 0.2) is 18.2 Å². The van der Waals surface area contributed by atoms with E-state index >= 15 is 0 Å². The fraction of sp³-hybridized carbons (Fsp3) is 0.533. The summed E-state index contributed by atoms with van der Waals surface area (Å²) in [6.45, 7) is 3.86. The Kier molecular flexibility index (Phi) is 6.07. The highest BCUT2D eigenvalue weighted by atomic mass is 19.1. The van der Waals surface area contributed by atoms with Crippen molar-refractivity contribution >= 4 is 5.91 Å². The minimum atomic E-state index is -0.903. The van der Waals surface area contributed by atoms with E-state index < -0.39 is 17.2 Å². The Morgan fingerprint density at radius 2 is 1.95 bits per heavy atom. The topological polar surface area (TPSA) is 49.3 Å². The van der Waals surface area contributed by atoms with E-state index in [1.165, 1.54) is 0 Å². The van der Waals surface area contributed by atoms with E-state index in [0.29, 0.717) is 12.8 Å². The number of nitrogens with one attached hydrogen (secondary N) is 1. The molecule has 0 aliphatic heterocycles. The van der Waals surface area contributed by atoms with E-state index in [-0.39, 0.29) is 30.9 Å². The molecule has 0 unspecified atom stereocenters. The Morgan fingerprint density at radius 3 is 2.55 bits per heavy atom. The average molecular weight is 285 g/mol. The van der Waals surface area contributed by atoms with Gasteiger partial charge < -0.3 is 10.4 Å². The highest BCUT2D eigenvalue weighted by Gasteiger charge is 2.22. The van der Waals surface area contributed by atoms with Crippen LogP contribution in [-0.2, 0) is 11.2 Å². The number of amides is 1. The lowest BCUT2D eigenvalue weighted by Crippen LogP contribution is -2.42. The van der Waals surface area contributed by atoms with E-state index in [1.54, 1.807) is 0 Å². The third kappa shape index (κ3) is 4.89. The minimum absolute atomic E-state index is 0.0594. The van der Waals surface area contributed by atoms with E-state index in [1.807, 2.05) is 13.8 Å². The van der Waals surface area contributed by atoms with Gasteiger partial charge in [0.25, 0.3) is 0 Å². The second kappa shape index (κ2) is 7.33. The Morgan fingerprint density at radius 1 is 1.30 bits per heavy atom. The summed E-state index contributed by atoms with van der Waals surface area (Å²) in [4.78, 5) is 11.7. The minimum Gasteiger partial charge on any atom is -0.388 e. The molecule has 0 bridgehead atoms. The number of hydrogen-bond acceptors (Lipinski definition) is 2. The number of aryl methyl sites for hydroxylation is 1. The molecule has 0 heterocycles. The highest BCUT2D eigenvalue weighted by molar-refractivity contribution is 5.76. The molecule has 0 saturated carbocycles. The molecule has 0 radical (unpaired) electrons. The summed E-state index contributed by atoms with van der Waals surface area (Å²) in [7, 11) is 0. The molecule has 0 fully saturated rings. The smallest absolute Gasteiger partial charge is 0.220 e. The van der Waals surface area contributed by atoms with Gasteiger partial charge in [-0.25, -0.2) is 8.78 Å². The average Bonchev–Trinajstić information content (AvgIpc) is 2.45. The van der Waals surface area contributed by atoms with Gasteiger partial charge in [0.1, 0.15) is 11.6 Å². The summed E-state index contributed by atoms with van der Waals surface area (Å²) in [5.41, 5.74) is -0.721. The lowest BCUT2D eigenvalue weighted by atomic mass is 9.97. The van der Waals surface area contributed by atoms with Gasteiger partial charge in [0.2, 0.25) is 5.91 Å². The SMILES string of the molecule is CCC(O)(CC)CNC(=O)CCc1cc(F)ccc1F. The van der Waals surface area contributed by atoms with Crippen molar-refractivity contribution in [3.63, 3.8) is 0 Å². The Balaban J connectivity index is 2.46. The molecule has 1 amide bonds. The fourth-order valence-corrected chi connectivity index (χ4v) is 1.83. The Labute approximate surface area is 118 Å². The first-order valence-corrected chi connectivity index (χ1v) is 6.83. The van der Waals surface area contributed by atoms with Gasteiger partial charge in [0.15, 0.2) is 0 Å². The van der Waals surface area contributed by atoms with Crippen LogP contribution in [0.3, 0.4) is 0 Å². The maximum Gasteiger partial charge on any atom is 0.220 e. The first-order chi connectivity index (χ1) is 9.40. The van der Waals surface area contributed by atoms with Crippen LogP contribution in [0.1, 0.15) is 38.7 Å². The van der Waals surface area contributed by atoms with Crippen molar-refractivity contribution < 1.29 is 18.7 Å². The lowest BCUT2D eigenvalue weighted by molar-refractivity contribution is -0.122. The zero-order valence-corrected chi connectivity index (χ0v) is 11.9. The molecule has 0 atom stereocenters. The van der Waals surface area contributed by atoms with Crippen molar-refractivity contribution in [1.29, 1.82) is 0 Å². The van der Waals surface area contributed by atoms with Gasteiger partial charge in [-0.05, 0) is 43.0 Å². The molecule has 0 aromatic heterocycles. The van der Waals surface area contributed by atoms with Crippen LogP contribution in [0, 0.1) is 11.6 Å². The van der Waals surface area contributed by atoms with Crippen LogP contribution in [0.2, 0.25) is 0 Å². The molecule has 3 nitrogen and oxygen atoms in total. The molecular weight excluding hydrogens is 264 g/mol. The standard InChI is InChI=1S/C15H21F2NO2/c1-3-15(20,4-2)10-18-14(19)8-5-11-9-12(16)6-7-13(11)17/h6-7,9,20H,3-5,8,10H2,1-2H3,(H,18,19). The van der Waals surface area contributed by atoms with Gasteiger partial charge in [0, 0.05) is 13.0 Å². The van der Waals surface area contributed by atoms with E-state index in [4.69, 9.17) is 0 Å². The first-order valence-electron chi connectivity index (χ1n) is 6.83. The third-order valence-electron chi connectivity index (χ3n) is 3.56. The van der Waals surface area contributed by atoms with Crippen molar-refractivity contribution in [2.45, 2.75) is 45.1 Å². The van der Waals surface area contributed by atoms with Crippen molar-refractivity contribution in [1.82, 2.24) is 5.32 Å². The van der Waals surface area contributed by atoms with Crippen molar-refractivity contribution in [3.05, 3.63) is 35.4 Å². The van der Waals surface area contributed by atoms with Gasteiger partial charge in [-0.3, -0.25) is 4.79 Å². The second-order valence-electron chi connectivity index (χ2n) is 4.94. The maximum absolute atomic E-state index is 13.4. The van der Waals surface area contributed by atoms with Gasteiger partial charge in [-0.1, -0.05) is 13.8 Å². The number of aliphatic hydroxyl groups is 1. The summed E-state index contributed by atoms with van der Waals surface area (Å²) in [5, 5.41) is 12.6. The van der Waals surface area contributed by atoms with Gasteiger partial charge in [-0.15, -0.1) is 0 Å². The van der Waals surface area contributed by atoms with E-state index in [0.717, 1.165) is 18.2 Å². The second-order valence-corrected chi connectivity index (χ2v) is 4.94. The number of carbonyl (C=O) groups excluding carboxylic acids is 1. The zero-order valence-electron chi connectivity index (χ0n) is 11.9. The predicted octanol–water partition coefficient (Wildman–Crippen LogP) is 2.56. The van der Waals surface area contributed by atoms with Crippen LogP contribution in [0.25, 0.3) is 0 Å². The van der Waals surface area contributed by atoms with Crippen molar-refractivity contribution in [2.24, 2.45) is 0 Å². The van der Waals surface area contributed by atoms with Crippen molar-refractivity contribution in [3.8, 4) is 0 Å². The Bertz CT molecular complexity index is 459. The molecule has 0 saturated heterocycles. The molecule has 0 spiro atoms. The van der Waals surface area contributed by atoms with E-state index in [9.17, 15) is 18.7 Å². The first kappa shape index (κ1) is 16.6. The van der Waals surface area contributed by atoms with Gasteiger partial charge in [0.05, 0.1) is 5.60 Å². The van der Waals surface area contributed by atoms with E-state index in [2.05, 4.69) is 5.32 Å². The van der Waals surface area contributed by atoms with Gasteiger partial charge in [-0.2, -0.15) is 0 Å². The quantitative estimate of drug-likeness (QED) is 0.809. The highest BCUT2D eigenvalue weighted by Crippen LogP contribution is 2.14. The molecule has 1 aromatic carbocycles. The van der Waals surface area contributed by atoms with Crippen LogP contribution in [-0.4, -0.2) is 23.2 Å². The van der Waals surface area contributed by atoms with Crippen LogP contribution >= 0.6 is 0 Å². The largest absolute Gasteiger partial charge is 0.388 e. The molecule has 2 N–H and O–H groups in total. The normalized spacial score (nSPS) is 11.4. The molecule has 1 aromatic rings. The zero-order chi connectivity index (χ0) is 15.2. The van der Waals surface area contributed by atoms with Crippen LogP contribution < -0.4 is 5.32 Å². The molecule has 20 heavy (non-hydrogen) atoms. The third-order valence-corrected chi connectivity index (χ3v) is 3.56. The fourth-order valence-electron chi connectivity index (χ4n) is 1.83. The summed E-state index contributed by atoms with van der Waals surface area (Å²) in [6.07, 6.45) is 1.28. The molecule has 1 rings (SSSR count). The number of halogens is 2. The van der Waals surface area contributed by atoms with Crippen LogP contribution in [0.5, 0.6) is 0 Å². The summed E-state index contributed by atoms with van der Waals surface area (Å²) in [6, 6.07) is 3.19. The number of rotatable bonds is 7. The molecule has 0 aliphatic rings. The predicted molar refractivity (Wildman–Crippen MR) is 73.2 cm³/mol. The molecule has 5 heteroatoms. The number of hydrogen-bond donors (Lipinski definition) is 2. The lowest BCUT2D eigenvalue weighted by Gasteiger charge is -2.25. The number of benzene rings is 1. The monoisotopic (exact) mass is 285 g/mol. The number of carbonyl (C=O) groups is 1. The Hall–Kier alpha value is -1.49. The maximum atomic E-state index is 13.4. The molecular formula is C15H21F2NO2. The van der Waals surface area contributed by atoms with Crippen LogP contribution in [0.4, 0.5) is 8.78 Å². The summed E-state index contributed by atoms with van der Waals surface area (Å²) >= 11 is 0.